The number of fused-ring (bicyclic) bond motifs is 2. The topological polar surface area (TPSA) is 113 Å². The summed E-state index contributed by atoms with van der Waals surface area (Å²) < 4.78 is 18.1. The first-order chi connectivity index (χ1) is 16.7. The summed E-state index contributed by atoms with van der Waals surface area (Å²) in [4.78, 5) is 31.8. The third kappa shape index (κ3) is 3.66. The van der Waals surface area contributed by atoms with Crippen molar-refractivity contribution in [1.29, 1.82) is 0 Å². The first kappa shape index (κ1) is 20.4. The summed E-state index contributed by atoms with van der Waals surface area (Å²) in [5, 5.41) is 8.94. The highest BCUT2D eigenvalue weighted by Gasteiger charge is 2.29. The molecule has 34 heavy (non-hydrogen) atoms. The number of ether oxygens (including phenoxy) is 2. The van der Waals surface area contributed by atoms with Crippen LogP contribution in [0, 0.1) is 0 Å². The van der Waals surface area contributed by atoms with Crippen LogP contribution in [0.2, 0.25) is 0 Å². The molecule has 1 amide bonds. The highest BCUT2D eigenvalue weighted by molar-refractivity contribution is 5.79. The van der Waals surface area contributed by atoms with Crippen molar-refractivity contribution >= 4 is 16.8 Å². The molecule has 0 spiro atoms. The number of rotatable bonds is 4. The second-order valence-corrected chi connectivity index (χ2v) is 8.39. The molecule has 0 radical (unpaired) electrons. The number of hydrogen-bond donors (Lipinski definition) is 0. The number of carbonyl (C=O) groups is 1. The van der Waals surface area contributed by atoms with Gasteiger partial charge in [0.05, 0.1) is 23.1 Å². The van der Waals surface area contributed by atoms with E-state index in [2.05, 4.69) is 15.2 Å². The van der Waals surface area contributed by atoms with Gasteiger partial charge in [0.1, 0.15) is 6.54 Å². The number of benzene rings is 2. The minimum atomic E-state index is -0.224. The van der Waals surface area contributed by atoms with Crippen molar-refractivity contribution in [1.82, 2.24) is 24.6 Å². The molecule has 10 nitrogen and oxygen atoms in total. The number of para-hydroxylation sites is 1. The van der Waals surface area contributed by atoms with Crippen LogP contribution in [0.4, 0.5) is 0 Å². The quantitative estimate of drug-likeness (QED) is 0.458. The number of aromatic nitrogens is 4. The Labute approximate surface area is 193 Å². The number of likely N-dealkylation sites (tertiary alicyclic amines) is 1. The Morgan fingerprint density at radius 2 is 1.97 bits per heavy atom. The molecule has 2 aliphatic rings. The Morgan fingerprint density at radius 1 is 1.09 bits per heavy atom. The van der Waals surface area contributed by atoms with Gasteiger partial charge in [-0.3, -0.25) is 14.2 Å². The summed E-state index contributed by atoms with van der Waals surface area (Å²) >= 11 is 0. The number of hydrogen-bond acceptors (Lipinski definition) is 8. The van der Waals surface area contributed by atoms with Crippen LogP contribution in [-0.4, -0.2) is 50.4 Å². The Bertz CT molecular complexity index is 1450. The van der Waals surface area contributed by atoms with Crippen molar-refractivity contribution in [3.8, 4) is 23.0 Å². The molecule has 1 saturated heterocycles. The highest BCUT2D eigenvalue weighted by Crippen LogP contribution is 2.36. The van der Waals surface area contributed by atoms with Crippen molar-refractivity contribution < 1.29 is 18.7 Å². The molecule has 6 rings (SSSR count). The van der Waals surface area contributed by atoms with Gasteiger partial charge >= 0.3 is 0 Å². The van der Waals surface area contributed by atoms with Crippen LogP contribution in [0.5, 0.6) is 11.5 Å². The smallest absolute Gasteiger partial charge is 0.261 e. The first-order valence-electron chi connectivity index (χ1n) is 11.1. The van der Waals surface area contributed by atoms with E-state index in [0.717, 1.165) is 18.4 Å². The zero-order valence-corrected chi connectivity index (χ0v) is 18.2. The van der Waals surface area contributed by atoms with E-state index in [1.165, 1.54) is 10.9 Å². The molecule has 172 valence electrons. The number of piperidine rings is 1. The SMILES string of the molecule is O=C(Cn1cnc2ccccc2c1=O)N1CCCC(c2nnc(-c3ccc4c(c3)OCO4)o2)C1. The molecule has 2 aromatic heterocycles. The zero-order valence-electron chi connectivity index (χ0n) is 18.2. The van der Waals surface area contributed by atoms with Crippen LogP contribution in [0.25, 0.3) is 22.4 Å². The van der Waals surface area contributed by atoms with Gasteiger partial charge in [0.2, 0.25) is 24.5 Å². The largest absolute Gasteiger partial charge is 0.454 e. The predicted octanol–water partition coefficient (Wildman–Crippen LogP) is 2.58. The standard InChI is InChI=1S/C24H21N5O5/c30-21(12-29-13-25-18-6-2-1-5-17(18)24(29)31)28-9-3-4-16(11-28)23-27-26-22(34-23)15-7-8-19-20(10-15)33-14-32-19/h1-2,5-8,10,13,16H,3-4,9,11-12,14H2. The maximum Gasteiger partial charge on any atom is 0.261 e. The van der Waals surface area contributed by atoms with Gasteiger partial charge in [0.15, 0.2) is 11.5 Å². The van der Waals surface area contributed by atoms with Gasteiger partial charge in [-0.05, 0) is 43.2 Å². The van der Waals surface area contributed by atoms with Gasteiger partial charge in [-0.15, -0.1) is 10.2 Å². The Balaban J connectivity index is 1.17. The summed E-state index contributed by atoms with van der Waals surface area (Å²) in [6.07, 6.45) is 3.08. The van der Waals surface area contributed by atoms with Gasteiger partial charge in [-0.1, -0.05) is 12.1 Å². The molecule has 1 unspecified atom stereocenters. The molecule has 4 heterocycles. The highest BCUT2D eigenvalue weighted by atomic mass is 16.7. The van der Waals surface area contributed by atoms with Crippen LogP contribution in [0.1, 0.15) is 24.7 Å². The molecule has 0 bridgehead atoms. The van der Waals surface area contributed by atoms with Gasteiger partial charge in [-0.25, -0.2) is 4.98 Å². The fraction of sp³-hybridized carbons (Fsp3) is 0.292. The van der Waals surface area contributed by atoms with Gasteiger partial charge in [0.25, 0.3) is 5.56 Å². The van der Waals surface area contributed by atoms with Crippen LogP contribution in [-0.2, 0) is 11.3 Å². The average molecular weight is 459 g/mol. The van der Waals surface area contributed by atoms with Gasteiger partial charge < -0.3 is 18.8 Å². The van der Waals surface area contributed by atoms with E-state index < -0.39 is 0 Å². The summed E-state index contributed by atoms with van der Waals surface area (Å²) in [6.45, 7) is 1.21. The summed E-state index contributed by atoms with van der Waals surface area (Å²) in [6, 6.07) is 12.6. The molecule has 0 saturated carbocycles. The fourth-order valence-corrected chi connectivity index (χ4v) is 4.42. The molecule has 0 aliphatic carbocycles. The lowest BCUT2D eigenvalue weighted by Gasteiger charge is -2.31. The minimum absolute atomic E-state index is 0.0599. The van der Waals surface area contributed by atoms with E-state index in [1.807, 2.05) is 24.3 Å². The fourth-order valence-electron chi connectivity index (χ4n) is 4.42. The summed E-state index contributed by atoms with van der Waals surface area (Å²) in [5.41, 5.74) is 1.14. The van der Waals surface area contributed by atoms with Crippen molar-refractivity contribution in [3.63, 3.8) is 0 Å². The molecular weight excluding hydrogens is 438 g/mol. The van der Waals surface area contributed by atoms with Crippen molar-refractivity contribution in [2.75, 3.05) is 19.9 Å². The Hall–Kier alpha value is -4.21. The van der Waals surface area contributed by atoms with E-state index in [-0.39, 0.29) is 30.7 Å². The van der Waals surface area contributed by atoms with Crippen molar-refractivity contribution in [2.24, 2.45) is 0 Å². The van der Waals surface area contributed by atoms with Crippen molar-refractivity contribution in [3.05, 3.63) is 65.0 Å². The van der Waals surface area contributed by atoms with Crippen LogP contribution >= 0.6 is 0 Å². The monoisotopic (exact) mass is 459 g/mol. The Kier molecular flexibility index (Phi) is 4.97. The van der Waals surface area contributed by atoms with Crippen LogP contribution in [0.3, 0.4) is 0 Å². The molecule has 0 N–H and O–H groups in total. The maximum absolute atomic E-state index is 13.0. The first-order valence-corrected chi connectivity index (χ1v) is 11.1. The normalized spacial score (nSPS) is 17.3. The Morgan fingerprint density at radius 3 is 2.91 bits per heavy atom. The minimum Gasteiger partial charge on any atom is -0.454 e. The van der Waals surface area contributed by atoms with E-state index in [0.29, 0.717) is 47.3 Å². The third-order valence-corrected chi connectivity index (χ3v) is 6.22. The summed E-state index contributed by atoms with van der Waals surface area (Å²) in [7, 11) is 0. The second kappa shape index (κ2) is 8.29. The van der Waals surface area contributed by atoms with E-state index in [9.17, 15) is 9.59 Å². The van der Waals surface area contributed by atoms with E-state index >= 15 is 0 Å². The van der Waals surface area contributed by atoms with Crippen LogP contribution < -0.4 is 15.0 Å². The number of carbonyl (C=O) groups excluding carboxylic acids is 1. The molecule has 4 aromatic rings. The molecule has 2 aliphatic heterocycles. The van der Waals surface area contributed by atoms with E-state index in [1.54, 1.807) is 23.1 Å². The molecular formula is C24H21N5O5. The summed E-state index contributed by atoms with van der Waals surface area (Å²) in [5.74, 6) is 2.01. The predicted molar refractivity (Wildman–Crippen MR) is 120 cm³/mol. The van der Waals surface area contributed by atoms with Crippen LogP contribution in [0.15, 0.2) is 58.0 Å². The molecule has 1 fully saturated rings. The number of nitrogens with zero attached hydrogens (tertiary/aromatic N) is 5. The lowest BCUT2D eigenvalue weighted by Crippen LogP contribution is -2.42. The van der Waals surface area contributed by atoms with E-state index in [4.69, 9.17) is 13.9 Å². The molecule has 10 heteroatoms. The lowest BCUT2D eigenvalue weighted by molar-refractivity contribution is -0.133. The lowest BCUT2D eigenvalue weighted by atomic mass is 9.98. The zero-order chi connectivity index (χ0) is 23.1. The van der Waals surface area contributed by atoms with Gasteiger partial charge in [0, 0.05) is 18.7 Å². The third-order valence-electron chi connectivity index (χ3n) is 6.22. The molecule has 1 atom stereocenters. The second-order valence-electron chi connectivity index (χ2n) is 8.39. The average Bonchev–Trinajstić information content (AvgIpc) is 3.55. The number of amides is 1. The maximum atomic E-state index is 13.0. The molecule has 2 aromatic carbocycles. The van der Waals surface area contributed by atoms with Gasteiger partial charge in [-0.2, -0.15) is 0 Å². The van der Waals surface area contributed by atoms with Crippen molar-refractivity contribution in [2.45, 2.75) is 25.3 Å².